The number of pyridine rings is 1. The number of aromatic nitrogens is 5. The first-order chi connectivity index (χ1) is 34.8. The predicted molar refractivity (Wildman–Crippen MR) is 280 cm³/mol. The van der Waals surface area contributed by atoms with Crippen LogP contribution in [0, 0.1) is 33.1 Å². The summed E-state index contributed by atoms with van der Waals surface area (Å²) >= 11 is 9.49. The number of fused-ring (bicyclic) bond motifs is 3. The number of aliphatic hydroxyl groups excluding tert-OH is 1. The fraction of sp³-hybridized carbons (Fsp3) is 0.415. The SMILES string of the molecule is Cc1ncsc1-c1ccc([C@H](C)NC(=O)[C@@H]2C[C@@H](O)CN2C(=O)C(NC(=O)COc2ccnc(O[C@H]3C[C@@H](NC(=O)C[C@@H]4N=C(c5ccc(Cl)cc5)c5c(sc(C)c5C)-n5c(C)nnc54)C3)c2)C(C)(C)C)cc1. The summed E-state index contributed by atoms with van der Waals surface area (Å²) in [4.78, 5) is 72.6. The normalized spacial score (nSPS) is 20.1. The molecule has 4 amide bonds. The van der Waals surface area contributed by atoms with Crippen LogP contribution in [0.15, 0.2) is 77.4 Å². The van der Waals surface area contributed by atoms with Crippen LogP contribution in [-0.2, 0) is 19.2 Å². The van der Waals surface area contributed by atoms with Crippen LogP contribution in [0.1, 0.15) is 110 Å². The zero-order valence-corrected chi connectivity index (χ0v) is 44.3. The molecule has 4 aromatic heterocycles. The summed E-state index contributed by atoms with van der Waals surface area (Å²) < 4.78 is 14.0. The number of carbonyl (C=O) groups is 4. The Balaban J connectivity index is 0.767. The lowest BCUT2D eigenvalue weighted by molar-refractivity contribution is -0.144. The Bertz CT molecular complexity index is 3070. The molecule has 17 nitrogen and oxygen atoms in total. The first-order valence-electron chi connectivity index (χ1n) is 24.3. The van der Waals surface area contributed by atoms with Gasteiger partial charge in [0, 0.05) is 65.1 Å². The maximum Gasteiger partial charge on any atom is 0.258 e. The third-order valence-electron chi connectivity index (χ3n) is 13.6. The molecule has 3 aliphatic rings. The number of carbonyl (C=O) groups excluding carboxylic acids is 4. The van der Waals surface area contributed by atoms with Gasteiger partial charge in [0.2, 0.25) is 23.6 Å². The fourth-order valence-electron chi connectivity index (χ4n) is 9.46. The van der Waals surface area contributed by atoms with Crippen molar-refractivity contribution in [1.29, 1.82) is 0 Å². The van der Waals surface area contributed by atoms with Crippen LogP contribution in [0.3, 0.4) is 0 Å². The van der Waals surface area contributed by atoms with Gasteiger partial charge in [-0.2, -0.15) is 0 Å². The number of rotatable bonds is 15. The molecule has 2 fully saturated rings. The second-order valence-corrected chi connectivity index (χ2v) is 22.6. The molecule has 1 aliphatic carbocycles. The van der Waals surface area contributed by atoms with Gasteiger partial charge in [0.25, 0.3) is 5.91 Å². The highest BCUT2D eigenvalue weighted by atomic mass is 35.5. The molecular formula is C53H59ClN10O7S2. The van der Waals surface area contributed by atoms with Gasteiger partial charge >= 0.3 is 0 Å². The van der Waals surface area contributed by atoms with Crippen molar-refractivity contribution >= 4 is 63.6 Å². The van der Waals surface area contributed by atoms with Gasteiger partial charge in [0.1, 0.15) is 40.8 Å². The molecule has 4 N–H and O–H groups in total. The number of hydrogen-bond acceptors (Lipinski definition) is 14. The van der Waals surface area contributed by atoms with Crippen molar-refractivity contribution in [3.8, 4) is 27.1 Å². The smallest absolute Gasteiger partial charge is 0.258 e. The molecule has 0 bridgehead atoms. The van der Waals surface area contributed by atoms with Crippen LogP contribution in [0.2, 0.25) is 5.02 Å². The minimum Gasteiger partial charge on any atom is -0.484 e. The summed E-state index contributed by atoms with van der Waals surface area (Å²) in [6, 6.07) is 15.6. The Morgan fingerprint density at radius 3 is 2.34 bits per heavy atom. The van der Waals surface area contributed by atoms with E-state index in [9.17, 15) is 24.3 Å². The highest BCUT2D eigenvalue weighted by Crippen LogP contribution is 2.40. The lowest BCUT2D eigenvalue weighted by atomic mass is 9.85. The van der Waals surface area contributed by atoms with Crippen molar-refractivity contribution < 1.29 is 33.8 Å². The Morgan fingerprint density at radius 2 is 1.64 bits per heavy atom. The van der Waals surface area contributed by atoms with E-state index in [1.54, 1.807) is 34.8 Å². The zero-order valence-electron chi connectivity index (χ0n) is 41.9. The molecule has 382 valence electrons. The number of aliphatic imine (C=N–C) groups is 1. The third-order valence-corrected chi connectivity index (χ3v) is 16.0. The maximum absolute atomic E-state index is 14.2. The Kier molecular flexibility index (Phi) is 14.9. The zero-order chi connectivity index (χ0) is 51.9. The molecule has 9 rings (SSSR count). The topological polar surface area (TPSA) is 215 Å². The summed E-state index contributed by atoms with van der Waals surface area (Å²) in [5, 5.41) is 30.2. The van der Waals surface area contributed by atoms with Gasteiger partial charge in [-0.05, 0) is 74.9 Å². The molecular weight excluding hydrogens is 988 g/mol. The first kappa shape index (κ1) is 51.4. The molecule has 1 saturated heterocycles. The number of aryl methyl sites for hydroxylation is 3. The number of benzene rings is 2. The molecule has 2 aromatic carbocycles. The summed E-state index contributed by atoms with van der Waals surface area (Å²) in [6.45, 7) is 14.9. The molecule has 5 atom stereocenters. The average molecular weight is 1050 g/mol. The van der Waals surface area contributed by atoms with Gasteiger partial charge in [0.05, 0.1) is 40.4 Å². The monoisotopic (exact) mass is 1050 g/mol. The average Bonchev–Trinajstić information content (AvgIpc) is 4.11. The van der Waals surface area contributed by atoms with Crippen LogP contribution >= 0.6 is 34.3 Å². The van der Waals surface area contributed by atoms with Crippen LogP contribution in [0.5, 0.6) is 11.6 Å². The van der Waals surface area contributed by atoms with Crippen LogP contribution < -0.4 is 25.4 Å². The first-order valence-corrected chi connectivity index (χ1v) is 26.4. The number of thiazole rings is 1. The minimum absolute atomic E-state index is 0.0514. The van der Waals surface area contributed by atoms with E-state index in [-0.39, 0.29) is 43.5 Å². The molecule has 1 saturated carbocycles. The Hall–Kier alpha value is -6.54. The van der Waals surface area contributed by atoms with Gasteiger partial charge in [0.15, 0.2) is 12.4 Å². The van der Waals surface area contributed by atoms with E-state index < -0.39 is 54.0 Å². The number of hydrogen-bond donors (Lipinski definition) is 4. The van der Waals surface area contributed by atoms with Crippen molar-refractivity contribution in [2.45, 2.75) is 123 Å². The standard InChI is InChI=1S/C53H59ClN10O7S2/c1-27-30(4)73-52-45(27)46(33-13-15-35(54)16-14-33)59-40(49-62-61-31(5)64(49)52)23-42(66)58-36-19-39(20-36)71-44-22-38(17-18-55-44)70-25-43(67)60-48(53(6,7)8)51(69)63-24-37(65)21-41(63)50(68)57-28(2)32-9-11-34(12-10-32)47-29(3)56-26-72-47/h9-18,22,26,28,36-37,39-41,48,65H,19-21,23-25H2,1-8H3,(H,57,68)(H,58,66)(H,60,67)/t28-,36-,37+,39+,40-,41-,48?/m0/s1. The molecule has 6 heterocycles. The second kappa shape index (κ2) is 21.1. The van der Waals surface area contributed by atoms with Crippen molar-refractivity contribution in [3.05, 3.63) is 122 Å². The van der Waals surface area contributed by atoms with Crippen molar-refractivity contribution in [2.24, 2.45) is 10.4 Å². The van der Waals surface area contributed by atoms with Crippen LogP contribution in [0.4, 0.5) is 0 Å². The largest absolute Gasteiger partial charge is 0.484 e. The van der Waals surface area contributed by atoms with Crippen LogP contribution in [0.25, 0.3) is 15.4 Å². The summed E-state index contributed by atoms with van der Waals surface area (Å²) in [6.07, 6.45) is 1.61. The van der Waals surface area contributed by atoms with E-state index in [0.29, 0.717) is 41.1 Å². The van der Waals surface area contributed by atoms with Crippen molar-refractivity contribution in [2.75, 3.05) is 13.2 Å². The van der Waals surface area contributed by atoms with Crippen molar-refractivity contribution in [3.63, 3.8) is 0 Å². The van der Waals surface area contributed by atoms with Gasteiger partial charge in [-0.3, -0.25) is 28.7 Å². The lowest BCUT2D eigenvalue weighted by Gasteiger charge is -2.35. The van der Waals surface area contributed by atoms with Crippen molar-refractivity contribution in [1.82, 2.24) is 45.6 Å². The summed E-state index contributed by atoms with van der Waals surface area (Å²) in [7, 11) is 0. The number of nitrogens with one attached hydrogen (secondary N) is 3. The molecule has 2 aliphatic heterocycles. The number of aliphatic hydroxyl groups is 1. The van der Waals surface area contributed by atoms with E-state index in [2.05, 4.69) is 50.0 Å². The van der Waals surface area contributed by atoms with Gasteiger partial charge in [-0.25, -0.2) is 9.97 Å². The van der Waals surface area contributed by atoms with Gasteiger partial charge in [-0.15, -0.1) is 32.9 Å². The van der Waals surface area contributed by atoms with E-state index in [4.69, 9.17) is 26.1 Å². The molecule has 6 aromatic rings. The highest BCUT2D eigenvalue weighted by molar-refractivity contribution is 7.15. The number of ether oxygens (including phenoxy) is 2. The quantitative estimate of drug-likeness (QED) is 0.0791. The van der Waals surface area contributed by atoms with E-state index in [1.807, 2.05) is 100 Å². The number of β-amino-alcohol motifs (C(OH)–C–C–N with tert-alkyl or cyclic N) is 1. The Morgan fingerprint density at radius 1 is 0.918 bits per heavy atom. The fourth-order valence-corrected chi connectivity index (χ4v) is 11.6. The highest BCUT2D eigenvalue weighted by Gasteiger charge is 2.45. The molecule has 20 heteroatoms. The van der Waals surface area contributed by atoms with E-state index in [1.165, 1.54) is 11.1 Å². The summed E-state index contributed by atoms with van der Waals surface area (Å²) in [5.41, 5.74) is 7.70. The number of halogens is 1. The van der Waals surface area contributed by atoms with E-state index in [0.717, 1.165) is 54.0 Å². The second-order valence-electron chi connectivity index (χ2n) is 20.1. The predicted octanol–water partition coefficient (Wildman–Crippen LogP) is 7.49. The Labute approximate surface area is 436 Å². The lowest BCUT2D eigenvalue weighted by Crippen LogP contribution is -2.58. The van der Waals surface area contributed by atoms with Gasteiger partial charge < -0.3 is 35.4 Å². The number of thiophene rings is 1. The van der Waals surface area contributed by atoms with Gasteiger partial charge in [-0.1, -0.05) is 68.8 Å². The summed E-state index contributed by atoms with van der Waals surface area (Å²) in [5.74, 6) is 0.341. The maximum atomic E-state index is 14.2. The number of nitrogens with zero attached hydrogens (tertiary/aromatic N) is 7. The van der Waals surface area contributed by atoms with Crippen LogP contribution in [-0.4, -0.2) is 108 Å². The molecule has 0 radical (unpaired) electrons. The molecule has 1 unspecified atom stereocenters. The van der Waals surface area contributed by atoms with E-state index >= 15 is 0 Å². The number of amides is 4. The third kappa shape index (κ3) is 11.2. The minimum atomic E-state index is -1.04. The molecule has 0 spiro atoms. The number of likely N-dealkylation sites (tertiary alicyclic amines) is 1. The molecule has 73 heavy (non-hydrogen) atoms.